The van der Waals surface area contributed by atoms with Crippen LogP contribution < -0.4 is 20.7 Å². The first-order valence-corrected chi connectivity index (χ1v) is 11.5. The zero-order chi connectivity index (χ0) is 25.8. The Kier molecular flexibility index (Phi) is 7.40. The average Bonchev–Trinajstić information content (AvgIpc) is 3.52. The third-order valence-electron chi connectivity index (χ3n) is 5.37. The molecule has 3 N–H and O–H groups in total. The molecule has 2 amide bonds. The number of alkyl halides is 3. The number of nitrogens with one attached hydrogen (secondary N) is 3. The van der Waals surface area contributed by atoms with Gasteiger partial charge < -0.3 is 25.4 Å². The number of hydrogen-bond acceptors (Lipinski definition) is 7. The Bertz CT molecular complexity index is 1210. The second-order valence-corrected chi connectivity index (χ2v) is 8.76. The molecule has 3 aromatic rings. The van der Waals surface area contributed by atoms with Crippen molar-refractivity contribution < 1.29 is 36.6 Å². The highest BCUT2D eigenvalue weighted by atomic mass is 32.1. The van der Waals surface area contributed by atoms with Crippen molar-refractivity contribution in [1.29, 1.82) is 0 Å². The predicted molar refractivity (Wildman–Crippen MR) is 122 cm³/mol. The molecule has 2 aromatic carbocycles. The first-order chi connectivity index (χ1) is 17.1. The maximum Gasteiger partial charge on any atom is 0.418 e. The van der Waals surface area contributed by atoms with Gasteiger partial charge in [-0.25, -0.2) is 14.2 Å². The lowest BCUT2D eigenvalue weighted by molar-refractivity contribution is -0.137. The van der Waals surface area contributed by atoms with Gasteiger partial charge in [0.1, 0.15) is 11.4 Å². The Hall–Kier alpha value is -3.71. The fourth-order valence-corrected chi connectivity index (χ4v) is 4.01. The summed E-state index contributed by atoms with van der Waals surface area (Å²) in [4.78, 5) is 29.0. The SMILES string of the molecule is O=C(N[C@@]1(C(=O)NCc2ccc(Nc3ccc(F)cc3C(F)(F)F)cc2)CCOC1)Oc1cncs1. The number of thiazole rings is 1. The van der Waals surface area contributed by atoms with E-state index in [1.165, 1.54) is 23.8 Å². The van der Waals surface area contributed by atoms with E-state index in [1.54, 1.807) is 12.1 Å². The van der Waals surface area contributed by atoms with Gasteiger partial charge in [0, 0.05) is 25.3 Å². The summed E-state index contributed by atoms with van der Waals surface area (Å²) >= 11 is 1.12. The molecule has 0 saturated carbocycles. The summed E-state index contributed by atoms with van der Waals surface area (Å²) in [7, 11) is 0. The van der Waals surface area contributed by atoms with Crippen LogP contribution in [0.1, 0.15) is 17.5 Å². The predicted octanol–water partition coefficient (Wildman–Crippen LogP) is 4.61. The van der Waals surface area contributed by atoms with E-state index < -0.39 is 35.1 Å². The van der Waals surface area contributed by atoms with E-state index in [4.69, 9.17) is 9.47 Å². The van der Waals surface area contributed by atoms with E-state index in [-0.39, 0.29) is 36.9 Å². The molecule has 1 aliphatic rings. The largest absolute Gasteiger partial charge is 0.418 e. The number of amides is 2. The van der Waals surface area contributed by atoms with Crippen molar-refractivity contribution >= 4 is 34.7 Å². The number of nitrogens with zero attached hydrogens (tertiary/aromatic N) is 1. The van der Waals surface area contributed by atoms with Crippen LogP contribution in [0.15, 0.2) is 54.2 Å². The van der Waals surface area contributed by atoms with Crippen LogP contribution in [0.25, 0.3) is 0 Å². The zero-order valence-electron chi connectivity index (χ0n) is 18.5. The summed E-state index contributed by atoms with van der Waals surface area (Å²) in [6.07, 6.45) is -3.91. The highest BCUT2D eigenvalue weighted by molar-refractivity contribution is 7.11. The van der Waals surface area contributed by atoms with Crippen LogP contribution in [0.3, 0.4) is 0 Å². The van der Waals surface area contributed by atoms with Gasteiger partial charge in [-0.3, -0.25) is 4.79 Å². The van der Waals surface area contributed by atoms with Gasteiger partial charge in [0.05, 0.1) is 29.6 Å². The number of carbonyl (C=O) groups is 2. The van der Waals surface area contributed by atoms with Crippen molar-refractivity contribution in [2.24, 2.45) is 0 Å². The number of aromatic nitrogens is 1. The number of anilines is 2. The monoisotopic (exact) mass is 524 g/mol. The van der Waals surface area contributed by atoms with Gasteiger partial charge in [-0.15, -0.1) is 0 Å². The first kappa shape index (κ1) is 25.4. The fraction of sp³-hybridized carbons (Fsp3) is 0.261. The second-order valence-electron chi connectivity index (χ2n) is 7.91. The minimum Gasteiger partial charge on any atom is -0.397 e. The Morgan fingerprint density at radius 1 is 1.17 bits per heavy atom. The highest BCUT2D eigenvalue weighted by Gasteiger charge is 2.44. The van der Waals surface area contributed by atoms with E-state index in [1.807, 2.05) is 0 Å². The van der Waals surface area contributed by atoms with Crippen molar-refractivity contribution in [3.63, 3.8) is 0 Å². The highest BCUT2D eigenvalue weighted by Crippen LogP contribution is 2.36. The molecular weight excluding hydrogens is 504 g/mol. The fourth-order valence-electron chi connectivity index (χ4n) is 3.54. The summed E-state index contributed by atoms with van der Waals surface area (Å²) < 4.78 is 63.4. The molecule has 1 atom stereocenters. The van der Waals surface area contributed by atoms with Gasteiger partial charge in [0.15, 0.2) is 0 Å². The smallest absolute Gasteiger partial charge is 0.397 e. The second kappa shape index (κ2) is 10.5. The molecule has 13 heteroatoms. The van der Waals surface area contributed by atoms with Gasteiger partial charge in [0.2, 0.25) is 11.0 Å². The zero-order valence-corrected chi connectivity index (χ0v) is 19.3. The van der Waals surface area contributed by atoms with E-state index in [0.717, 1.165) is 23.5 Å². The Labute approximate surface area is 206 Å². The third-order valence-corrected chi connectivity index (χ3v) is 6.02. The number of carbonyl (C=O) groups excluding carboxylic acids is 2. The molecule has 36 heavy (non-hydrogen) atoms. The van der Waals surface area contributed by atoms with Crippen molar-refractivity contribution in [1.82, 2.24) is 15.6 Å². The number of halogens is 4. The van der Waals surface area contributed by atoms with Crippen molar-refractivity contribution in [2.45, 2.75) is 24.7 Å². The van der Waals surface area contributed by atoms with Gasteiger partial charge in [-0.05, 0) is 35.9 Å². The Morgan fingerprint density at radius 2 is 1.94 bits per heavy atom. The van der Waals surface area contributed by atoms with E-state index >= 15 is 0 Å². The van der Waals surface area contributed by atoms with Gasteiger partial charge in [0.25, 0.3) is 0 Å². The van der Waals surface area contributed by atoms with E-state index in [0.29, 0.717) is 17.3 Å². The number of ether oxygens (including phenoxy) is 2. The minimum atomic E-state index is -4.73. The van der Waals surface area contributed by atoms with Crippen LogP contribution in [0.4, 0.5) is 33.7 Å². The van der Waals surface area contributed by atoms with Crippen LogP contribution in [-0.2, 0) is 22.3 Å². The van der Waals surface area contributed by atoms with Crippen LogP contribution in [-0.4, -0.2) is 35.7 Å². The molecule has 0 aliphatic carbocycles. The molecule has 1 aromatic heterocycles. The van der Waals surface area contributed by atoms with E-state index in [9.17, 15) is 27.2 Å². The molecule has 8 nitrogen and oxygen atoms in total. The average molecular weight is 524 g/mol. The van der Waals surface area contributed by atoms with Crippen LogP contribution >= 0.6 is 11.3 Å². The summed E-state index contributed by atoms with van der Waals surface area (Å²) in [5.74, 6) is -1.46. The quantitative estimate of drug-likeness (QED) is 0.391. The van der Waals surface area contributed by atoms with Crippen LogP contribution in [0.5, 0.6) is 5.06 Å². The summed E-state index contributed by atoms with van der Waals surface area (Å²) in [5.41, 5.74) is -0.214. The van der Waals surface area contributed by atoms with Gasteiger partial charge in [-0.1, -0.05) is 23.5 Å². The molecule has 0 unspecified atom stereocenters. The molecule has 0 spiro atoms. The lowest BCUT2D eigenvalue weighted by Crippen LogP contribution is -2.59. The molecule has 1 saturated heterocycles. The summed E-state index contributed by atoms with van der Waals surface area (Å²) in [5, 5.41) is 8.23. The molecule has 190 valence electrons. The molecule has 0 bridgehead atoms. The standard InChI is InChI=1S/C23H20F4N4O4S/c24-15-3-6-18(17(9-15)23(25,26)27)30-16-4-1-14(2-5-16)10-29-20(32)22(7-8-34-12-22)31-21(33)35-19-11-28-13-36-19/h1-6,9,11,13,30H,7-8,10,12H2,(H,29,32)(H,31,33)/t22-/m0/s1. The molecule has 1 fully saturated rings. The first-order valence-electron chi connectivity index (χ1n) is 10.6. The molecular formula is C23H20F4N4O4S. The van der Waals surface area contributed by atoms with Crippen molar-refractivity contribution in [3.05, 3.63) is 71.1 Å². The number of rotatable bonds is 7. The number of benzene rings is 2. The Morgan fingerprint density at radius 3 is 2.58 bits per heavy atom. The normalized spacial score (nSPS) is 17.4. The Balaban J connectivity index is 1.37. The maximum atomic E-state index is 13.3. The molecule has 4 rings (SSSR count). The van der Waals surface area contributed by atoms with Gasteiger partial charge in [-0.2, -0.15) is 13.2 Å². The summed E-state index contributed by atoms with van der Waals surface area (Å²) in [6.45, 7) is 0.341. The van der Waals surface area contributed by atoms with Crippen molar-refractivity contribution in [2.75, 3.05) is 18.5 Å². The number of hydrogen-bond donors (Lipinski definition) is 3. The van der Waals surface area contributed by atoms with Gasteiger partial charge >= 0.3 is 12.3 Å². The van der Waals surface area contributed by atoms with E-state index in [2.05, 4.69) is 20.9 Å². The van der Waals surface area contributed by atoms with Crippen LogP contribution in [0, 0.1) is 5.82 Å². The van der Waals surface area contributed by atoms with Crippen molar-refractivity contribution in [3.8, 4) is 5.06 Å². The third kappa shape index (κ3) is 6.10. The lowest BCUT2D eigenvalue weighted by atomic mass is 9.97. The topological polar surface area (TPSA) is 102 Å². The molecule has 0 radical (unpaired) electrons. The minimum absolute atomic E-state index is 0.0291. The summed E-state index contributed by atoms with van der Waals surface area (Å²) in [6, 6.07) is 8.67. The molecule has 2 heterocycles. The molecule has 1 aliphatic heterocycles. The van der Waals surface area contributed by atoms with Crippen LogP contribution in [0.2, 0.25) is 0 Å². The maximum absolute atomic E-state index is 13.3. The lowest BCUT2D eigenvalue weighted by Gasteiger charge is -2.26.